The van der Waals surface area contributed by atoms with Gasteiger partial charge in [-0.15, -0.1) is 22.7 Å². The molecular formula is C72H46B2F17N5O8S2. The first kappa shape index (κ1) is 74.6. The molecule has 0 fully saturated rings. The number of methoxy groups -OCH3 is 2. The third-order valence-electron chi connectivity index (χ3n) is 17.5. The fourth-order valence-electron chi connectivity index (χ4n) is 12.4. The summed E-state index contributed by atoms with van der Waals surface area (Å²) in [4.78, 5) is 32.1. The van der Waals surface area contributed by atoms with E-state index in [0.717, 1.165) is 40.9 Å². The van der Waals surface area contributed by atoms with E-state index in [1.165, 1.54) is 48.3 Å². The third kappa shape index (κ3) is 12.4. The molecule has 7 aromatic carbocycles. The number of aliphatic carboxylic acids is 2. The molecule has 0 amide bonds. The molecule has 1 aliphatic carbocycles. The predicted octanol–water partition coefficient (Wildman–Crippen LogP) is 14.4. The van der Waals surface area contributed by atoms with E-state index in [1.54, 1.807) is 140 Å². The Morgan fingerprint density at radius 1 is 0.509 bits per heavy atom. The predicted molar refractivity (Wildman–Crippen MR) is 362 cm³/mol. The van der Waals surface area contributed by atoms with Crippen molar-refractivity contribution in [1.29, 1.82) is 5.26 Å². The molecule has 12 rings (SSSR count). The van der Waals surface area contributed by atoms with Crippen LogP contribution in [0.2, 0.25) is 0 Å². The molecule has 0 radical (unpaired) electrons. The van der Waals surface area contributed by atoms with Crippen molar-refractivity contribution in [2.24, 2.45) is 5.92 Å². The van der Waals surface area contributed by atoms with Crippen molar-refractivity contribution in [1.82, 2.24) is 18.9 Å². The average molecular weight is 1520 g/mol. The van der Waals surface area contributed by atoms with Gasteiger partial charge in [-0.05, 0) is 71.7 Å². The zero-order valence-corrected chi connectivity index (χ0v) is 55.9. The van der Waals surface area contributed by atoms with Crippen LogP contribution in [0.15, 0.2) is 200 Å². The fraction of sp³-hybridized carbons (Fsp3) is 0.181. The minimum Gasteiger partial charge on any atom is -0.497 e. The molecule has 1 atom stereocenters. The van der Waals surface area contributed by atoms with E-state index in [0.29, 0.717) is 49.5 Å². The van der Waals surface area contributed by atoms with Gasteiger partial charge >= 0.3 is 73.4 Å². The highest BCUT2D eigenvalue weighted by atomic mass is 32.1. The Bertz CT molecular complexity index is 5410. The van der Waals surface area contributed by atoms with E-state index in [1.807, 2.05) is 0 Å². The average Bonchev–Trinajstić information content (AvgIpc) is 1.51. The maximum absolute atomic E-state index is 20.3. The van der Waals surface area contributed by atoms with Crippen LogP contribution >= 0.6 is 22.7 Å². The summed E-state index contributed by atoms with van der Waals surface area (Å²) in [5, 5.41) is 28.0. The second kappa shape index (κ2) is 27.4. The number of alkyl halides is 16. The van der Waals surface area contributed by atoms with Gasteiger partial charge in [0.05, 0.1) is 45.4 Å². The maximum Gasteiger partial charge on any atom is 0.471 e. The SMILES string of the molecule is COc1ccc2sc(/C(C#N)=c3/c4c(-c5ccc(OC(F)(F)C(F)(F)C(F)(F)C(F)(F)C(=O)O)cc5)n(B(c5ccccc5)c5ccccc5)/c(=C(/F)c5nc6cc(OC)ccc6s5)c4c(C4=CC=C(OC(F)(F)C(F)(F)C(F)(F)C(F)(F)C(=O)O)CC4C)n3B(c3ccccc3)c3ccccc3)nc2c1. The number of thiazole rings is 2. The standard InChI is InChI=1S/C72H46B2F17N5O8S2/c1-38-34-47(104-72(90,91)70(86,87)68(82,83)66(78,79)64(99)100)28-31-48(38)58-55-54(59(49(37-92)61-93-50-35-45(101-2)29-32-52(50)105-61)96(58)74(42-20-12-6-13-21-42)43-22-14-7-15-23-43)57(39-24-26-44(27-25-39)103-71(88,89)69(84,85)67(80,81)65(76,77)63(97)98)95(73(40-16-8-4-9-17-40)41-18-10-5-11-19-41)60(55)56(75)62-94-51-36-46(102-3)30-33-53(51)106-62/h4-33,35-36,38H,34H2,1-3H3,(H,97,98)(H,99,100)/b59-49-,60-56+. The number of nitriles is 1. The monoisotopic (exact) mass is 1520 g/mol. The molecule has 34 heteroatoms. The lowest BCUT2D eigenvalue weighted by Crippen LogP contribution is -2.65. The zero-order chi connectivity index (χ0) is 76.6. The van der Waals surface area contributed by atoms with Crippen molar-refractivity contribution in [2.45, 2.75) is 61.1 Å². The van der Waals surface area contributed by atoms with E-state index in [2.05, 4.69) is 15.5 Å². The molecule has 4 heterocycles. The summed E-state index contributed by atoms with van der Waals surface area (Å²) in [6.07, 6.45) is -12.9. The zero-order valence-electron chi connectivity index (χ0n) is 54.2. The van der Waals surface area contributed by atoms with Gasteiger partial charge in [-0.3, -0.25) is 0 Å². The Kier molecular flexibility index (Phi) is 19.3. The topological polar surface area (TPSA) is 171 Å². The minimum atomic E-state index is -7.35. The van der Waals surface area contributed by atoms with E-state index in [4.69, 9.17) is 29.7 Å². The van der Waals surface area contributed by atoms with E-state index in [9.17, 15) is 50.0 Å². The molecule has 544 valence electrons. The molecule has 1 aliphatic rings. The number of carboxylic acids is 2. The normalized spacial score (nSPS) is 14.8. The summed E-state index contributed by atoms with van der Waals surface area (Å²) >= 11 is 1.70. The number of hydrogen-bond donors (Lipinski definition) is 2. The van der Waals surface area contributed by atoms with Crippen molar-refractivity contribution in [3.05, 3.63) is 226 Å². The first-order valence-electron chi connectivity index (χ1n) is 31.1. The highest BCUT2D eigenvalue weighted by Gasteiger charge is 2.86. The van der Waals surface area contributed by atoms with E-state index >= 15 is 39.5 Å². The van der Waals surface area contributed by atoms with Crippen molar-refractivity contribution in [2.75, 3.05) is 14.2 Å². The molecule has 106 heavy (non-hydrogen) atoms. The van der Waals surface area contributed by atoms with Gasteiger partial charge in [0.15, 0.2) is 10.8 Å². The van der Waals surface area contributed by atoms with Crippen LogP contribution in [0, 0.1) is 17.2 Å². The molecular weight excluding hydrogens is 1470 g/mol. The number of rotatable bonds is 24. The van der Waals surface area contributed by atoms with E-state index < -0.39 is 119 Å². The van der Waals surface area contributed by atoms with Gasteiger partial charge in [-0.25, -0.2) is 23.9 Å². The van der Waals surface area contributed by atoms with Crippen LogP contribution < -0.4 is 46.8 Å². The van der Waals surface area contributed by atoms with Crippen LogP contribution in [0.1, 0.15) is 29.1 Å². The Hall–Kier alpha value is -11.1. The lowest BCUT2D eigenvalue weighted by atomic mass is 9.50. The Balaban J connectivity index is 1.33. The Labute approximate surface area is 595 Å². The summed E-state index contributed by atoms with van der Waals surface area (Å²) < 4.78 is 286. The summed E-state index contributed by atoms with van der Waals surface area (Å²) in [5.74, 6) is -55.8. The number of carbonyl (C=O) groups is 2. The summed E-state index contributed by atoms with van der Waals surface area (Å²) in [7, 11) is 2.70. The van der Waals surface area contributed by atoms with Gasteiger partial charge < -0.3 is 38.1 Å². The van der Waals surface area contributed by atoms with Crippen molar-refractivity contribution in [3.63, 3.8) is 0 Å². The third-order valence-corrected chi connectivity index (χ3v) is 19.6. The number of hydrogen-bond acceptors (Lipinski definition) is 11. The second-order valence-corrected chi connectivity index (χ2v) is 26.1. The number of benzene rings is 7. The lowest BCUT2D eigenvalue weighted by Gasteiger charge is -2.35. The molecule has 11 aromatic rings. The van der Waals surface area contributed by atoms with Crippen LogP contribution in [0.5, 0.6) is 17.2 Å². The van der Waals surface area contributed by atoms with Gasteiger partial charge in [-0.2, -0.15) is 75.5 Å². The van der Waals surface area contributed by atoms with Crippen LogP contribution in [0.3, 0.4) is 0 Å². The molecule has 0 bridgehead atoms. The van der Waals surface area contributed by atoms with Gasteiger partial charge in [0.1, 0.15) is 39.7 Å². The number of allylic oxidation sites excluding steroid dienone is 4. The van der Waals surface area contributed by atoms with Crippen molar-refractivity contribution < 1.29 is 113 Å². The second-order valence-electron chi connectivity index (χ2n) is 24.0. The first-order chi connectivity index (χ1) is 50.0. The van der Waals surface area contributed by atoms with Gasteiger partial charge in [-0.1, -0.05) is 156 Å². The molecule has 0 saturated heterocycles. The smallest absolute Gasteiger partial charge is 0.471 e. The summed E-state index contributed by atoms with van der Waals surface area (Å²) in [6, 6.07) is 46.4. The maximum atomic E-state index is 20.3. The molecule has 0 spiro atoms. The molecule has 2 N–H and O–H groups in total. The van der Waals surface area contributed by atoms with Crippen LogP contribution in [0.4, 0.5) is 74.6 Å². The van der Waals surface area contributed by atoms with Gasteiger partial charge in [0, 0.05) is 40.7 Å². The van der Waals surface area contributed by atoms with Crippen LogP contribution in [0.25, 0.3) is 59.4 Å². The van der Waals surface area contributed by atoms with Crippen LogP contribution in [-0.4, -0.2) is 117 Å². The summed E-state index contributed by atoms with van der Waals surface area (Å²) in [5.41, 5.74) is 0.224. The largest absolute Gasteiger partial charge is 0.497 e. The highest BCUT2D eigenvalue weighted by Crippen LogP contribution is 2.56. The quantitative estimate of drug-likeness (QED) is 0.0436. The van der Waals surface area contributed by atoms with Crippen molar-refractivity contribution in [3.8, 4) is 34.6 Å². The molecule has 1 unspecified atom stereocenters. The van der Waals surface area contributed by atoms with Gasteiger partial charge in [0.25, 0.3) is 0 Å². The fourth-order valence-corrected chi connectivity index (χ4v) is 14.2. The number of ether oxygens (including phenoxy) is 4. The van der Waals surface area contributed by atoms with Crippen molar-refractivity contribution >= 4 is 118 Å². The summed E-state index contributed by atoms with van der Waals surface area (Å²) in [6.45, 7) is -1.51. The molecule has 0 aliphatic heterocycles. The number of nitrogens with zero attached hydrogens (tertiary/aromatic N) is 5. The van der Waals surface area contributed by atoms with E-state index in [-0.39, 0.29) is 66.2 Å². The first-order valence-corrected chi connectivity index (χ1v) is 32.7. The number of halogens is 17. The number of fused-ring (bicyclic) bond motifs is 3. The number of carboxylic acid groups (broad SMARTS) is 2. The number of aromatic nitrogens is 4. The molecule has 4 aromatic heterocycles. The Morgan fingerprint density at radius 3 is 1.30 bits per heavy atom. The molecule has 13 nitrogen and oxygen atoms in total. The van der Waals surface area contributed by atoms with Gasteiger partial charge in [0.2, 0.25) is 0 Å². The highest BCUT2D eigenvalue weighted by molar-refractivity contribution is 7.20. The minimum absolute atomic E-state index is 0.114. The molecule has 0 saturated carbocycles. The van der Waals surface area contributed by atoms with Crippen LogP contribution in [-0.2, 0) is 14.3 Å². The Morgan fingerprint density at radius 2 is 0.896 bits per heavy atom. The lowest BCUT2D eigenvalue weighted by molar-refractivity contribution is -0.415.